The van der Waals surface area contributed by atoms with E-state index in [4.69, 9.17) is 18.9 Å². The van der Waals surface area contributed by atoms with E-state index in [1.807, 2.05) is 13.8 Å². The third-order valence-electron chi connectivity index (χ3n) is 10.8. The van der Waals surface area contributed by atoms with Crippen LogP contribution in [0.2, 0.25) is 0 Å². The predicted molar refractivity (Wildman–Crippen MR) is 123 cm³/mol. The first-order valence-electron chi connectivity index (χ1n) is 13.1. The molecule has 6 heteroatoms. The minimum atomic E-state index is -0.801. The molecule has 4 aliphatic carbocycles. The molecule has 5 aliphatic rings. The highest BCUT2D eigenvalue weighted by Gasteiger charge is 2.76. The summed E-state index contributed by atoms with van der Waals surface area (Å²) in [5, 5.41) is 22.4. The fourth-order valence-corrected chi connectivity index (χ4v) is 9.78. The average molecular weight is 462 g/mol. The van der Waals surface area contributed by atoms with Crippen LogP contribution in [0.25, 0.3) is 0 Å². The van der Waals surface area contributed by atoms with Gasteiger partial charge in [-0.15, -0.1) is 0 Å². The van der Waals surface area contributed by atoms with Gasteiger partial charge in [-0.3, -0.25) is 0 Å². The lowest BCUT2D eigenvalue weighted by Gasteiger charge is -2.71. The van der Waals surface area contributed by atoms with E-state index in [2.05, 4.69) is 26.8 Å². The topological polar surface area (TPSA) is 80.9 Å². The Morgan fingerprint density at radius 3 is 2.58 bits per heavy atom. The monoisotopic (exact) mass is 461 g/mol. The molecule has 1 saturated heterocycles. The number of rotatable bonds is 3. The van der Waals surface area contributed by atoms with E-state index >= 15 is 0 Å². The molecular weight excluding hydrogens is 418 g/mol. The lowest BCUT2D eigenvalue weighted by Crippen LogP contribution is -2.76. The summed E-state index contributed by atoms with van der Waals surface area (Å²) in [7, 11) is 1.68. The van der Waals surface area contributed by atoms with Crippen molar-refractivity contribution in [3.8, 4) is 6.07 Å². The number of methoxy groups -OCH3 is 1. The zero-order valence-electron chi connectivity index (χ0n) is 21.4. The Bertz CT molecular complexity index is 826. The van der Waals surface area contributed by atoms with Gasteiger partial charge in [-0.2, -0.15) is 5.26 Å². The van der Waals surface area contributed by atoms with Crippen LogP contribution in [0.3, 0.4) is 0 Å². The largest absolute Gasteiger partial charge is 0.389 e. The van der Waals surface area contributed by atoms with E-state index in [0.717, 1.165) is 44.9 Å². The van der Waals surface area contributed by atoms with Crippen molar-refractivity contribution < 1.29 is 24.1 Å². The molecule has 186 valence electrons. The summed E-state index contributed by atoms with van der Waals surface area (Å²) < 4.78 is 25.2. The first-order valence-corrected chi connectivity index (χ1v) is 13.1. The summed E-state index contributed by atoms with van der Waals surface area (Å²) in [5.74, 6) is 0.546. The molecule has 33 heavy (non-hydrogen) atoms. The van der Waals surface area contributed by atoms with E-state index in [1.54, 1.807) is 7.11 Å². The summed E-state index contributed by atoms with van der Waals surface area (Å²) in [6.45, 7) is 11.6. The quantitative estimate of drug-likeness (QED) is 0.616. The van der Waals surface area contributed by atoms with Crippen molar-refractivity contribution in [1.29, 1.82) is 5.26 Å². The van der Waals surface area contributed by atoms with Crippen LogP contribution in [0, 0.1) is 51.8 Å². The Morgan fingerprint density at radius 2 is 1.88 bits per heavy atom. The lowest BCUT2D eigenvalue weighted by molar-refractivity contribution is -0.399. The maximum atomic E-state index is 12.4. The molecule has 6 nitrogen and oxygen atoms in total. The van der Waals surface area contributed by atoms with Crippen LogP contribution >= 0.6 is 0 Å². The fourth-order valence-electron chi connectivity index (χ4n) is 9.78. The molecule has 4 saturated carbocycles. The predicted octanol–water partition coefficient (Wildman–Crippen LogP) is 4.65. The van der Waals surface area contributed by atoms with Crippen LogP contribution in [0.15, 0.2) is 0 Å². The molecule has 10 atom stereocenters. The molecule has 0 aromatic rings. The first-order chi connectivity index (χ1) is 15.5. The van der Waals surface area contributed by atoms with Gasteiger partial charge in [0.2, 0.25) is 0 Å². The van der Waals surface area contributed by atoms with E-state index < -0.39 is 22.4 Å². The number of nitrogens with zero attached hydrogens (tertiary/aromatic N) is 1. The van der Waals surface area contributed by atoms with Crippen molar-refractivity contribution in [2.75, 3.05) is 20.5 Å². The SMILES string of the molecule is COCO[C@]12CC[C@H](C#N)[C@@]1(C)C[C@@H](C)C1C2CC[C@]2(O)C[C@@H](C)C[C@H]3OC(C)(C)OC[C@]132. The highest BCUT2D eigenvalue weighted by Crippen LogP contribution is 2.73. The van der Waals surface area contributed by atoms with E-state index in [1.165, 1.54) is 0 Å². The molecule has 0 aromatic carbocycles. The van der Waals surface area contributed by atoms with Gasteiger partial charge in [0.05, 0.1) is 41.3 Å². The van der Waals surface area contributed by atoms with Crippen LogP contribution in [0.1, 0.15) is 79.6 Å². The minimum absolute atomic E-state index is 0.0176. The number of fused-ring (bicyclic) bond motifs is 3. The molecule has 0 amide bonds. The fraction of sp³-hybridized carbons (Fsp3) is 0.963. The van der Waals surface area contributed by atoms with Crippen molar-refractivity contribution in [2.24, 2.45) is 40.4 Å². The molecule has 1 heterocycles. The molecule has 2 unspecified atom stereocenters. The second kappa shape index (κ2) is 7.64. The molecule has 0 bridgehead atoms. The summed E-state index contributed by atoms with van der Waals surface area (Å²) in [6.07, 6.45) is 6.02. The third kappa shape index (κ3) is 3.02. The first kappa shape index (κ1) is 24.0. The Kier molecular flexibility index (Phi) is 5.56. The van der Waals surface area contributed by atoms with Crippen molar-refractivity contribution in [2.45, 2.75) is 103 Å². The van der Waals surface area contributed by atoms with Gasteiger partial charge < -0.3 is 24.1 Å². The highest BCUT2D eigenvalue weighted by molar-refractivity contribution is 5.26. The van der Waals surface area contributed by atoms with E-state index in [0.29, 0.717) is 18.4 Å². The summed E-state index contributed by atoms with van der Waals surface area (Å²) in [5.41, 5.74) is -1.89. The Hall–Kier alpha value is -0.710. The maximum absolute atomic E-state index is 12.4. The van der Waals surface area contributed by atoms with Crippen LogP contribution in [0.5, 0.6) is 0 Å². The lowest BCUT2D eigenvalue weighted by atomic mass is 9.38. The molecule has 0 aromatic heterocycles. The number of nitriles is 1. The maximum Gasteiger partial charge on any atom is 0.163 e. The van der Waals surface area contributed by atoms with Gasteiger partial charge in [-0.05, 0) is 82.5 Å². The standard InChI is InChI=1S/C27H43NO5/c1-17-11-21-26(15-31-23(3,4)33-21)22-18(2)13-24(5)19(14-28)7-10-27(24,32-16-30-6)20(22)8-9-25(26,29)12-17/h17-22,29H,7-13,15-16H2,1-6H3/t17-,18+,19+,20?,21+,22?,24+,25-,26+,27-/m0/s1. The van der Waals surface area contributed by atoms with Crippen LogP contribution < -0.4 is 0 Å². The number of hydrogen-bond donors (Lipinski definition) is 1. The van der Waals surface area contributed by atoms with Crippen LogP contribution in [-0.2, 0) is 18.9 Å². The summed E-state index contributed by atoms with van der Waals surface area (Å²) in [6, 6.07) is 2.64. The van der Waals surface area contributed by atoms with Gasteiger partial charge in [0.15, 0.2) is 5.79 Å². The average Bonchev–Trinajstić information content (AvgIpc) is 3.01. The summed E-state index contributed by atoms with van der Waals surface area (Å²) >= 11 is 0. The van der Waals surface area contributed by atoms with Crippen LogP contribution in [0.4, 0.5) is 0 Å². The van der Waals surface area contributed by atoms with Crippen LogP contribution in [-0.4, -0.2) is 48.7 Å². The van der Waals surface area contributed by atoms with Gasteiger partial charge in [-0.25, -0.2) is 0 Å². The zero-order valence-corrected chi connectivity index (χ0v) is 21.4. The van der Waals surface area contributed by atoms with E-state index in [-0.39, 0.29) is 36.1 Å². The van der Waals surface area contributed by atoms with Crippen molar-refractivity contribution in [3.63, 3.8) is 0 Å². The number of ether oxygens (including phenoxy) is 4. The summed E-state index contributed by atoms with van der Waals surface area (Å²) in [4.78, 5) is 0. The Morgan fingerprint density at radius 1 is 1.12 bits per heavy atom. The Balaban J connectivity index is 1.64. The van der Waals surface area contributed by atoms with Gasteiger partial charge in [0.1, 0.15) is 6.79 Å². The minimum Gasteiger partial charge on any atom is -0.389 e. The van der Waals surface area contributed by atoms with E-state index in [9.17, 15) is 10.4 Å². The normalized spacial score (nSPS) is 55.0. The number of hydrogen-bond acceptors (Lipinski definition) is 6. The van der Waals surface area contributed by atoms with Gasteiger partial charge in [0.25, 0.3) is 0 Å². The zero-order chi connectivity index (χ0) is 23.9. The van der Waals surface area contributed by atoms with Crippen molar-refractivity contribution >= 4 is 0 Å². The smallest absolute Gasteiger partial charge is 0.163 e. The second-order valence-corrected chi connectivity index (χ2v) is 12.8. The molecule has 1 spiro atoms. The van der Waals surface area contributed by atoms with Gasteiger partial charge >= 0.3 is 0 Å². The molecule has 0 radical (unpaired) electrons. The van der Waals surface area contributed by atoms with Gasteiger partial charge in [0, 0.05) is 12.5 Å². The molecule has 1 N–H and O–H groups in total. The number of aliphatic hydroxyl groups is 1. The molecule has 5 rings (SSSR count). The second-order valence-electron chi connectivity index (χ2n) is 12.8. The van der Waals surface area contributed by atoms with Gasteiger partial charge in [-0.1, -0.05) is 20.8 Å². The molecule has 5 fully saturated rings. The Labute approximate surface area is 199 Å². The van der Waals surface area contributed by atoms with Crippen molar-refractivity contribution in [1.82, 2.24) is 0 Å². The third-order valence-corrected chi connectivity index (χ3v) is 10.8. The molecule has 1 aliphatic heterocycles. The highest BCUT2D eigenvalue weighted by atomic mass is 16.7. The van der Waals surface area contributed by atoms with Crippen molar-refractivity contribution in [3.05, 3.63) is 0 Å². The molecular formula is C27H43NO5.